The molecule has 0 amide bonds. The molecule has 2 rings (SSSR count). The fraction of sp³-hybridized carbons (Fsp3) is 0.400. The molecule has 2 aromatic heterocycles. The van der Waals surface area contributed by atoms with E-state index in [1.807, 2.05) is 13.8 Å². The molecule has 0 spiro atoms. The first-order chi connectivity index (χ1) is 10.2. The first kappa shape index (κ1) is 15.0. The van der Waals surface area contributed by atoms with E-state index < -0.39 is 0 Å². The minimum absolute atomic E-state index is 0.331. The fourth-order valence-corrected chi connectivity index (χ4v) is 1.93. The van der Waals surface area contributed by atoms with Gasteiger partial charge in [-0.15, -0.1) is 0 Å². The van der Waals surface area contributed by atoms with E-state index in [0.717, 1.165) is 6.42 Å². The predicted octanol–water partition coefficient (Wildman–Crippen LogP) is 2.37. The van der Waals surface area contributed by atoms with Gasteiger partial charge in [-0.1, -0.05) is 13.3 Å². The molecule has 0 saturated heterocycles. The van der Waals surface area contributed by atoms with Crippen molar-refractivity contribution >= 4 is 5.97 Å². The van der Waals surface area contributed by atoms with Gasteiger partial charge in [0.25, 0.3) is 0 Å². The van der Waals surface area contributed by atoms with E-state index in [-0.39, 0.29) is 5.97 Å². The Bertz CT molecular complexity index is 643. The molecule has 0 N–H and O–H groups in total. The van der Waals surface area contributed by atoms with Gasteiger partial charge in [-0.25, -0.2) is 24.7 Å². The molecule has 110 valence electrons. The van der Waals surface area contributed by atoms with Gasteiger partial charge in [-0.3, -0.25) is 0 Å². The van der Waals surface area contributed by atoms with Crippen LogP contribution in [-0.4, -0.2) is 32.5 Å². The van der Waals surface area contributed by atoms with E-state index in [2.05, 4.69) is 19.9 Å². The maximum absolute atomic E-state index is 11.9. The molecule has 0 radical (unpaired) electrons. The second kappa shape index (κ2) is 6.88. The molecule has 6 heteroatoms. The maximum Gasteiger partial charge on any atom is 0.341 e. The molecule has 0 aromatic carbocycles. The molecule has 0 aliphatic heterocycles. The third-order valence-corrected chi connectivity index (χ3v) is 2.85. The number of aromatic nitrogens is 4. The third-order valence-electron chi connectivity index (χ3n) is 2.85. The largest absolute Gasteiger partial charge is 0.462 e. The zero-order chi connectivity index (χ0) is 15.2. The summed E-state index contributed by atoms with van der Waals surface area (Å²) in [4.78, 5) is 29.0. The van der Waals surface area contributed by atoms with Gasteiger partial charge in [0.05, 0.1) is 17.9 Å². The van der Waals surface area contributed by atoms with Crippen LogP contribution in [0, 0.1) is 6.92 Å². The normalized spacial score (nSPS) is 10.4. The van der Waals surface area contributed by atoms with Gasteiger partial charge in [0, 0.05) is 12.4 Å². The summed E-state index contributed by atoms with van der Waals surface area (Å²) in [5.41, 5.74) is 1.76. The van der Waals surface area contributed by atoms with E-state index in [4.69, 9.17) is 4.74 Å². The number of hydrogen-bond donors (Lipinski definition) is 0. The SMILES string of the molecule is CCCc1nc(-c2ccnc(C)n2)ncc1C(=O)OCC. The molecule has 0 bridgehead atoms. The summed E-state index contributed by atoms with van der Waals surface area (Å²) in [6, 6.07) is 1.75. The van der Waals surface area contributed by atoms with Crippen LogP contribution in [0.15, 0.2) is 18.5 Å². The topological polar surface area (TPSA) is 77.9 Å². The predicted molar refractivity (Wildman–Crippen MR) is 77.7 cm³/mol. The van der Waals surface area contributed by atoms with E-state index in [1.54, 1.807) is 19.2 Å². The Labute approximate surface area is 123 Å². The third kappa shape index (κ3) is 3.59. The summed E-state index contributed by atoms with van der Waals surface area (Å²) in [6.07, 6.45) is 4.75. The molecule has 21 heavy (non-hydrogen) atoms. The van der Waals surface area contributed by atoms with Gasteiger partial charge in [-0.2, -0.15) is 0 Å². The van der Waals surface area contributed by atoms with Gasteiger partial charge in [0.1, 0.15) is 11.5 Å². The second-order valence-electron chi connectivity index (χ2n) is 4.51. The summed E-state index contributed by atoms with van der Waals surface area (Å²) < 4.78 is 5.04. The number of hydrogen-bond acceptors (Lipinski definition) is 6. The van der Waals surface area contributed by atoms with E-state index in [9.17, 15) is 4.79 Å². The molecule has 0 aliphatic rings. The average Bonchev–Trinajstić information content (AvgIpc) is 2.48. The molecule has 0 fully saturated rings. The van der Waals surface area contributed by atoms with Crippen molar-refractivity contribution in [3.63, 3.8) is 0 Å². The van der Waals surface area contributed by atoms with Crippen molar-refractivity contribution in [2.45, 2.75) is 33.6 Å². The van der Waals surface area contributed by atoms with Crippen LogP contribution in [0.2, 0.25) is 0 Å². The van der Waals surface area contributed by atoms with Gasteiger partial charge in [0.15, 0.2) is 5.82 Å². The quantitative estimate of drug-likeness (QED) is 0.785. The molecular formula is C15H18N4O2. The lowest BCUT2D eigenvalue weighted by molar-refractivity contribution is 0.0524. The van der Waals surface area contributed by atoms with Crippen molar-refractivity contribution < 1.29 is 9.53 Å². The van der Waals surface area contributed by atoms with Crippen LogP contribution in [-0.2, 0) is 11.2 Å². The number of ether oxygens (including phenoxy) is 1. The summed E-state index contributed by atoms with van der Waals surface area (Å²) in [7, 11) is 0. The molecular weight excluding hydrogens is 268 g/mol. The Hall–Kier alpha value is -2.37. The van der Waals surface area contributed by atoms with Crippen LogP contribution >= 0.6 is 0 Å². The lowest BCUT2D eigenvalue weighted by Gasteiger charge is -2.08. The Morgan fingerprint density at radius 3 is 2.71 bits per heavy atom. The van der Waals surface area contributed by atoms with Crippen LogP contribution < -0.4 is 0 Å². The highest BCUT2D eigenvalue weighted by atomic mass is 16.5. The summed E-state index contributed by atoms with van der Waals surface area (Å²) >= 11 is 0. The smallest absolute Gasteiger partial charge is 0.341 e. The van der Waals surface area contributed by atoms with Crippen molar-refractivity contribution in [1.82, 2.24) is 19.9 Å². The first-order valence-electron chi connectivity index (χ1n) is 6.98. The number of esters is 1. The molecule has 0 atom stereocenters. The number of nitrogens with zero attached hydrogens (tertiary/aromatic N) is 4. The van der Waals surface area contributed by atoms with Crippen LogP contribution in [0.1, 0.15) is 42.1 Å². The second-order valence-corrected chi connectivity index (χ2v) is 4.51. The highest BCUT2D eigenvalue weighted by Gasteiger charge is 2.16. The summed E-state index contributed by atoms with van der Waals surface area (Å²) in [6.45, 7) is 5.95. The molecule has 0 aliphatic carbocycles. The van der Waals surface area contributed by atoms with Crippen molar-refractivity contribution in [1.29, 1.82) is 0 Å². The Kier molecular flexibility index (Phi) is 4.92. The van der Waals surface area contributed by atoms with Crippen LogP contribution in [0.3, 0.4) is 0 Å². The highest BCUT2D eigenvalue weighted by Crippen LogP contribution is 2.16. The molecule has 2 heterocycles. The number of carbonyl (C=O) groups excluding carboxylic acids is 1. The molecule has 6 nitrogen and oxygen atoms in total. The molecule has 0 unspecified atom stereocenters. The minimum atomic E-state index is -0.383. The van der Waals surface area contributed by atoms with Crippen LogP contribution in [0.5, 0.6) is 0 Å². The lowest BCUT2D eigenvalue weighted by Crippen LogP contribution is -2.11. The average molecular weight is 286 g/mol. The Balaban J connectivity index is 2.42. The molecule has 2 aromatic rings. The zero-order valence-corrected chi connectivity index (χ0v) is 12.5. The minimum Gasteiger partial charge on any atom is -0.462 e. The Morgan fingerprint density at radius 2 is 2.05 bits per heavy atom. The number of aryl methyl sites for hydroxylation is 2. The highest BCUT2D eigenvalue weighted by molar-refractivity contribution is 5.90. The monoisotopic (exact) mass is 286 g/mol. The Morgan fingerprint density at radius 1 is 1.24 bits per heavy atom. The van der Waals surface area contributed by atoms with Crippen LogP contribution in [0.25, 0.3) is 11.5 Å². The maximum atomic E-state index is 11.9. The number of rotatable bonds is 5. The van der Waals surface area contributed by atoms with E-state index in [0.29, 0.717) is 41.6 Å². The summed E-state index contributed by atoms with van der Waals surface area (Å²) in [5, 5.41) is 0. The van der Waals surface area contributed by atoms with Crippen molar-refractivity contribution in [3.8, 4) is 11.5 Å². The first-order valence-corrected chi connectivity index (χ1v) is 6.98. The van der Waals surface area contributed by atoms with Crippen LogP contribution in [0.4, 0.5) is 0 Å². The molecule has 0 saturated carbocycles. The summed E-state index contributed by atoms with van der Waals surface area (Å²) in [5.74, 6) is 0.769. The van der Waals surface area contributed by atoms with Gasteiger partial charge in [-0.05, 0) is 26.3 Å². The van der Waals surface area contributed by atoms with Gasteiger partial charge < -0.3 is 4.74 Å². The van der Waals surface area contributed by atoms with Gasteiger partial charge in [0.2, 0.25) is 0 Å². The van der Waals surface area contributed by atoms with Gasteiger partial charge >= 0.3 is 5.97 Å². The fourth-order valence-electron chi connectivity index (χ4n) is 1.93. The zero-order valence-electron chi connectivity index (χ0n) is 12.5. The van der Waals surface area contributed by atoms with Crippen molar-refractivity contribution in [2.75, 3.05) is 6.61 Å². The standard InChI is InChI=1S/C15H18N4O2/c1-4-6-12-11(15(20)21-5-2)9-17-14(19-12)13-7-8-16-10(3)18-13/h7-9H,4-6H2,1-3H3. The van der Waals surface area contributed by atoms with Crippen molar-refractivity contribution in [2.24, 2.45) is 0 Å². The lowest BCUT2D eigenvalue weighted by atomic mass is 10.1. The van der Waals surface area contributed by atoms with E-state index >= 15 is 0 Å². The van der Waals surface area contributed by atoms with E-state index in [1.165, 1.54) is 6.20 Å². The van der Waals surface area contributed by atoms with Crippen molar-refractivity contribution in [3.05, 3.63) is 35.5 Å². The number of carbonyl (C=O) groups is 1.